The number of methoxy groups -OCH3 is 1. The molecule has 0 fully saturated rings. The second-order valence-corrected chi connectivity index (χ2v) is 5.73. The standard InChI is InChI=1S/C17H17ClN2O2S/c1-11(12-6-4-3-5-7-12)19-17(23)20-13-8-9-15(18)14(10-13)16(21)22-2/h3-11H,1-2H3,(H2,19,20,23)/t11-/m1/s1. The van der Waals surface area contributed by atoms with Crippen LogP contribution in [0, 0.1) is 0 Å². The van der Waals surface area contributed by atoms with Crippen LogP contribution in [0.1, 0.15) is 28.9 Å². The monoisotopic (exact) mass is 348 g/mol. The van der Waals surface area contributed by atoms with Crippen molar-refractivity contribution in [3.8, 4) is 0 Å². The van der Waals surface area contributed by atoms with Gasteiger partial charge in [0.2, 0.25) is 0 Å². The summed E-state index contributed by atoms with van der Waals surface area (Å²) in [5.74, 6) is -0.491. The summed E-state index contributed by atoms with van der Waals surface area (Å²) in [5, 5.41) is 7.03. The van der Waals surface area contributed by atoms with Gasteiger partial charge in [-0.05, 0) is 42.9 Å². The molecule has 0 aromatic heterocycles. The van der Waals surface area contributed by atoms with Crippen molar-refractivity contribution in [1.29, 1.82) is 0 Å². The second-order valence-electron chi connectivity index (χ2n) is 4.92. The van der Waals surface area contributed by atoms with Crippen LogP contribution < -0.4 is 10.6 Å². The molecule has 2 aromatic rings. The molecular formula is C17H17ClN2O2S. The van der Waals surface area contributed by atoms with Crippen LogP contribution in [0.15, 0.2) is 48.5 Å². The van der Waals surface area contributed by atoms with Gasteiger partial charge in [0.1, 0.15) is 0 Å². The molecule has 1 atom stereocenters. The first kappa shape index (κ1) is 17.2. The van der Waals surface area contributed by atoms with E-state index in [9.17, 15) is 4.79 Å². The van der Waals surface area contributed by atoms with E-state index in [1.807, 2.05) is 37.3 Å². The fraction of sp³-hybridized carbons (Fsp3) is 0.176. The minimum Gasteiger partial charge on any atom is -0.465 e. The Morgan fingerprint density at radius 1 is 1.22 bits per heavy atom. The first-order valence-corrected chi connectivity index (χ1v) is 7.80. The van der Waals surface area contributed by atoms with Gasteiger partial charge < -0.3 is 15.4 Å². The predicted octanol–water partition coefficient (Wildman–Crippen LogP) is 4.17. The molecule has 2 aromatic carbocycles. The highest BCUT2D eigenvalue weighted by molar-refractivity contribution is 7.80. The first-order chi connectivity index (χ1) is 11.0. The van der Waals surface area contributed by atoms with Gasteiger partial charge in [0.05, 0.1) is 23.7 Å². The summed E-state index contributed by atoms with van der Waals surface area (Å²) in [6, 6.07) is 15.0. The summed E-state index contributed by atoms with van der Waals surface area (Å²) in [5.41, 5.74) is 2.08. The molecule has 0 heterocycles. The quantitative estimate of drug-likeness (QED) is 0.641. The van der Waals surface area contributed by atoms with Crippen molar-refractivity contribution in [2.45, 2.75) is 13.0 Å². The van der Waals surface area contributed by atoms with Gasteiger partial charge in [0.25, 0.3) is 0 Å². The van der Waals surface area contributed by atoms with Crippen LogP contribution in [-0.4, -0.2) is 18.2 Å². The van der Waals surface area contributed by atoms with E-state index in [0.717, 1.165) is 5.56 Å². The molecule has 6 heteroatoms. The van der Waals surface area contributed by atoms with Crippen LogP contribution in [0.5, 0.6) is 0 Å². The average molecular weight is 349 g/mol. The second kappa shape index (κ2) is 7.94. The Hall–Kier alpha value is -2.11. The van der Waals surface area contributed by atoms with E-state index in [4.69, 9.17) is 28.6 Å². The van der Waals surface area contributed by atoms with Crippen LogP contribution in [0.2, 0.25) is 5.02 Å². The molecule has 23 heavy (non-hydrogen) atoms. The lowest BCUT2D eigenvalue weighted by Gasteiger charge is -2.17. The maximum absolute atomic E-state index is 11.7. The summed E-state index contributed by atoms with van der Waals surface area (Å²) in [7, 11) is 1.31. The Balaban J connectivity index is 2.04. The lowest BCUT2D eigenvalue weighted by Crippen LogP contribution is -2.30. The van der Waals surface area contributed by atoms with E-state index in [1.54, 1.807) is 18.2 Å². The Labute approximate surface area is 145 Å². The minimum atomic E-state index is -0.491. The topological polar surface area (TPSA) is 50.4 Å². The highest BCUT2D eigenvalue weighted by Crippen LogP contribution is 2.21. The summed E-state index contributed by atoms with van der Waals surface area (Å²) < 4.78 is 4.70. The molecule has 0 aliphatic heterocycles. The molecule has 0 aliphatic rings. The molecule has 0 unspecified atom stereocenters. The van der Waals surface area contributed by atoms with Gasteiger partial charge in [-0.2, -0.15) is 0 Å². The number of carbonyl (C=O) groups is 1. The molecular weight excluding hydrogens is 332 g/mol. The summed E-state index contributed by atoms with van der Waals surface area (Å²) in [6.45, 7) is 2.02. The number of esters is 1. The molecule has 0 aliphatic carbocycles. The van der Waals surface area contributed by atoms with E-state index in [2.05, 4.69) is 10.6 Å². The number of hydrogen-bond acceptors (Lipinski definition) is 3. The highest BCUT2D eigenvalue weighted by Gasteiger charge is 2.12. The zero-order valence-electron chi connectivity index (χ0n) is 12.8. The number of rotatable bonds is 4. The third-order valence-electron chi connectivity index (χ3n) is 3.28. The maximum Gasteiger partial charge on any atom is 0.339 e. The molecule has 0 saturated carbocycles. The highest BCUT2D eigenvalue weighted by atomic mass is 35.5. The molecule has 0 spiro atoms. The Morgan fingerprint density at radius 3 is 2.57 bits per heavy atom. The van der Waals surface area contributed by atoms with Crippen molar-refractivity contribution >= 4 is 40.6 Å². The zero-order valence-corrected chi connectivity index (χ0v) is 14.4. The molecule has 0 amide bonds. The Morgan fingerprint density at radius 2 is 1.91 bits per heavy atom. The number of hydrogen-bond donors (Lipinski definition) is 2. The number of anilines is 1. The molecule has 2 N–H and O–H groups in total. The van der Waals surface area contributed by atoms with Gasteiger partial charge in [-0.1, -0.05) is 41.9 Å². The van der Waals surface area contributed by atoms with Gasteiger partial charge in [0, 0.05) is 5.69 Å². The molecule has 0 radical (unpaired) electrons. The molecule has 2 rings (SSSR count). The molecule has 0 bridgehead atoms. The van der Waals surface area contributed by atoms with Gasteiger partial charge in [-0.3, -0.25) is 0 Å². The van der Waals surface area contributed by atoms with Crippen molar-refractivity contribution in [1.82, 2.24) is 5.32 Å². The SMILES string of the molecule is COC(=O)c1cc(NC(=S)N[C@H](C)c2ccccc2)ccc1Cl. The summed E-state index contributed by atoms with van der Waals surface area (Å²) in [6.07, 6.45) is 0. The van der Waals surface area contributed by atoms with E-state index in [-0.39, 0.29) is 11.6 Å². The van der Waals surface area contributed by atoms with Crippen molar-refractivity contribution in [2.24, 2.45) is 0 Å². The van der Waals surface area contributed by atoms with Crippen molar-refractivity contribution in [3.05, 3.63) is 64.7 Å². The van der Waals surface area contributed by atoms with Crippen LogP contribution >= 0.6 is 23.8 Å². The molecule has 120 valence electrons. The third kappa shape index (κ3) is 4.68. The van der Waals surface area contributed by atoms with E-state index < -0.39 is 5.97 Å². The smallest absolute Gasteiger partial charge is 0.339 e. The first-order valence-electron chi connectivity index (χ1n) is 7.01. The third-order valence-corrected chi connectivity index (χ3v) is 3.83. The van der Waals surface area contributed by atoms with E-state index >= 15 is 0 Å². The van der Waals surface area contributed by atoms with E-state index in [1.165, 1.54) is 7.11 Å². The van der Waals surface area contributed by atoms with Crippen molar-refractivity contribution in [3.63, 3.8) is 0 Å². The van der Waals surface area contributed by atoms with Crippen LogP contribution in [0.4, 0.5) is 5.69 Å². The van der Waals surface area contributed by atoms with Gasteiger partial charge in [-0.25, -0.2) is 4.79 Å². The normalized spacial score (nSPS) is 11.4. The largest absolute Gasteiger partial charge is 0.465 e. The van der Waals surface area contributed by atoms with Crippen molar-refractivity contribution < 1.29 is 9.53 Å². The fourth-order valence-corrected chi connectivity index (χ4v) is 2.55. The van der Waals surface area contributed by atoms with Gasteiger partial charge >= 0.3 is 5.97 Å². The van der Waals surface area contributed by atoms with Crippen LogP contribution in [0.3, 0.4) is 0 Å². The minimum absolute atomic E-state index is 0.0589. The fourth-order valence-electron chi connectivity index (χ4n) is 2.06. The number of thiocarbonyl (C=S) groups is 1. The summed E-state index contributed by atoms with van der Waals surface area (Å²) >= 11 is 11.3. The number of ether oxygens (including phenoxy) is 1. The lowest BCUT2D eigenvalue weighted by atomic mass is 10.1. The van der Waals surface area contributed by atoms with Crippen LogP contribution in [-0.2, 0) is 4.74 Å². The summed E-state index contributed by atoms with van der Waals surface area (Å²) in [4.78, 5) is 11.7. The lowest BCUT2D eigenvalue weighted by molar-refractivity contribution is 0.0601. The van der Waals surface area contributed by atoms with Crippen molar-refractivity contribution in [2.75, 3.05) is 12.4 Å². The maximum atomic E-state index is 11.7. The molecule has 4 nitrogen and oxygen atoms in total. The molecule has 0 saturated heterocycles. The van der Waals surface area contributed by atoms with Gasteiger partial charge in [-0.15, -0.1) is 0 Å². The van der Waals surface area contributed by atoms with Crippen LogP contribution in [0.25, 0.3) is 0 Å². The number of benzene rings is 2. The zero-order chi connectivity index (χ0) is 16.8. The van der Waals surface area contributed by atoms with Gasteiger partial charge in [0.15, 0.2) is 5.11 Å². The number of carbonyl (C=O) groups excluding carboxylic acids is 1. The number of nitrogens with one attached hydrogen (secondary N) is 2. The Bertz CT molecular complexity index is 707. The number of halogens is 1. The van der Waals surface area contributed by atoms with E-state index in [0.29, 0.717) is 15.8 Å². The average Bonchev–Trinajstić information content (AvgIpc) is 2.56. The predicted molar refractivity (Wildman–Crippen MR) is 97.0 cm³/mol. The Kier molecular flexibility index (Phi) is 5.96.